The molecule has 1 N–H and O–H groups in total. The van der Waals surface area contributed by atoms with Gasteiger partial charge in [-0.15, -0.1) is 0 Å². The molecule has 0 aliphatic carbocycles. The van der Waals surface area contributed by atoms with Crippen LogP contribution in [0.2, 0.25) is 0 Å². The van der Waals surface area contributed by atoms with Gasteiger partial charge in [-0.3, -0.25) is 4.79 Å². The molecule has 2 rings (SSSR count). The number of hydrogen-bond acceptors (Lipinski definition) is 4. The SMILES string of the molecule is CC(=O)N(CCNS(=O)(=O)c1ccccc1C)c1ccc(C#N)cc1. The largest absolute Gasteiger partial charge is 0.311 e. The number of sulfonamides is 1. The monoisotopic (exact) mass is 357 g/mol. The summed E-state index contributed by atoms with van der Waals surface area (Å²) in [7, 11) is -3.64. The Balaban J connectivity index is 2.08. The van der Waals surface area contributed by atoms with Gasteiger partial charge < -0.3 is 4.90 Å². The van der Waals surface area contributed by atoms with Crippen LogP contribution in [0.5, 0.6) is 0 Å². The van der Waals surface area contributed by atoms with E-state index in [1.165, 1.54) is 11.8 Å². The maximum absolute atomic E-state index is 12.4. The highest BCUT2D eigenvalue weighted by Crippen LogP contribution is 2.16. The number of amides is 1. The summed E-state index contributed by atoms with van der Waals surface area (Å²) in [6.45, 7) is 3.41. The number of nitrogens with one attached hydrogen (secondary N) is 1. The third-order valence-corrected chi connectivity index (χ3v) is 5.32. The zero-order chi connectivity index (χ0) is 18.4. The predicted molar refractivity (Wildman–Crippen MR) is 95.6 cm³/mol. The van der Waals surface area contributed by atoms with Gasteiger partial charge in [-0.25, -0.2) is 13.1 Å². The van der Waals surface area contributed by atoms with Gasteiger partial charge in [0, 0.05) is 25.7 Å². The standard InChI is InChI=1S/C18H19N3O3S/c1-14-5-3-4-6-18(14)25(23,24)20-11-12-21(15(2)22)17-9-7-16(13-19)8-10-17/h3-10,20H,11-12H2,1-2H3. The van der Waals surface area contributed by atoms with Crippen molar-refractivity contribution in [3.8, 4) is 6.07 Å². The number of aryl methyl sites for hydroxylation is 1. The number of nitriles is 1. The van der Waals surface area contributed by atoms with Gasteiger partial charge in [-0.05, 0) is 42.8 Å². The van der Waals surface area contributed by atoms with Gasteiger partial charge >= 0.3 is 0 Å². The molecule has 130 valence electrons. The lowest BCUT2D eigenvalue weighted by Gasteiger charge is -2.21. The number of anilines is 1. The second-order valence-corrected chi connectivity index (χ2v) is 7.23. The summed E-state index contributed by atoms with van der Waals surface area (Å²) in [4.78, 5) is 13.5. The lowest BCUT2D eigenvalue weighted by atomic mass is 10.2. The van der Waals surface area contributed by atoms with Crippen molar-refractivity contribution in [1.29, 1.82) is 5.26 Å². The van der Waals surface area contributed by atoms with Crippen molar-refractivity contribution in [1.82, 2.24) is 4.72 Å². The summed E-state index contributed by atoms with van der Waals surface area (Å²) in [5.41, 5.74) is 1.76. The number of benzene rings is 2. The van der Waals surface area contributed by atoms with Crippen molar-refractivity contribution in [2.24, 2.45) is 0 Å². The number of hydrogen-bond donors (Lipinski definition) is 1. The minimum Gasteiger partial charge on any atom is -0.311 e. The van der Waals surface area contributed by atoms with Crippen LogP contribution in [0.4, 0.5) is 5.69 Å². The van der Waals surface area contributed by atoms with Crippen LogP contribution >= 0.6 is 0 Å². The number of nitrogens with zero attached hydrogens (tertiary/aromatic N) is 2. The van der Waals surface area contributed by atoms with Crippen molar-refractivity contribution >= 4 is 21.6 Å². The summed E-state index contributed by atoms with van der Waals surface area (Å²) in [5, 5.41) is 8.83. The van der Waals surface area contributed by atoms with Gasteiger partial charge in [-0.1, -0.05) is 18.2 Å². The average Bonchev–Trinajstić information content (AvgIpc) is 2.59. The van der Waals surface area contributed by atoms with Gasteiger partial charge in [0.2, 0.25) is 15.9 Å². The molecule has 2 aromatic carbocycles. The number of rotatable bonds is 6. The highest BCUT2D eigenvalue weighted by Gasteiger charge is 2.17. The normalized spacial score (nSPS) is 10.9. The molecule has 7 heteroatoms. The fourth-order valence-electron chi connectivity index (χ4n) is 2.41. The molecule has 1 amide bonds. The molecule has 0 aromatic heterocycles. The zero-order valence-electron chi connectivity index (χ0n) is 14.1. The number of carbonyl (C=O) groups excluding carboxylic acids is 1. The first kappa shape index (κ1) is 18.6. The Bertz CT molecular complexity index is 900. The Morgan fingerprint density at radius 1 is 1.16 bits per heavy atom. The van der Waals surface area contributed by atoms with E-state index >= 15 is 0 Å². The van der Waals surface area contributed by atoms with E-state index in [-0.39, 0.29) is 23.9 Å². The maximum atomic E-state index is 12.4. The first-order chi connectivity index (χ1) is 11.8. The van der Waals surface area contributed by atoms with Crippen LogP contribution in [-0.4, -0.2) is 27.4 Å². The predicted octanol–water partition coefficient (Wildman–Crippen LogP) is 2.20. The summed E-state index contributed by atoms with van der Waals surface area (Å²) >= 11 is 0. The van der Waals surface area contributed by atoms with Crippen molar-refractivity contribution < 1.29 is 13.2 Å². The fourth-order valence-corrected chi connectivity index (χ4v) is 3.68. The van der Waals surface area contributed by atoms with Gasteiger partial charge in [0.1, 0.15) is 0 Å². The summed E-state index contributed by atoms with van der Waals surface area (Å²) < 4.78 is 27.3. The van der Waals surface area contributed by atoms with Crippen LogP contribution in [-0.2, 0) is 14.8 Å². The Labute approximate surface area is 147 Å². The minimum atomic E-state index is -3.64. The van der Waals surface area contributed by atoms with Crippen LogP contribution in [0.3, 0.4) is 0 Å². The van der Waals surface area contributed by atoms with Crippen LogP contribution in [0.15, 0.2) is 53.4 Å². The second kappa shape index (κ2) is 7.92. The molecule has 25 heavy (non-hydrogen) atoms. The van der Waals surface area contributed by atoms with E-state index in [1.807, 2.05) is 6.07 Å². The van der Waals surface area contributed by atoms with Crippen LogP contribution in [0, 0.1) is 18.3 Å². The summed E-state index contributed by atoms with van der Waals surface area (Å²) in [6, 6.07) is 15.3. The topological polar surface area (TPSA) is 90.3 Å². The Morgan fingerprint density at radius 3 is 2.36 bits per heavy atom. The van der Waals surface area contributed by atoms with Crippen molar-refractivity contribution in [3.05, 3.63) is 59.7 Å². The lowest BCUT2D eigenvalue weighted by molar-refractivity contribution is -0.116. The first-order valence-electron chi connectivity index (χ1n) is 7.69. The third kappa shape index (κ3) is 4.66. The molecule has 0 bridgehead atoms. The van der Waals surface area contributed by atoms with Crippen LogP contribution in [0.25, 0.3) is 0 Å². The van der Waals surface area contributed by atoms with E-state index in [4.69, 9.17) is 5.26 Å². The molecule has 2 aromatic rings. The van der Waals surface area contributed by atoms with Crippen molar-refractivity contribution in [2.45, 2.75) is 18.7 Å². The third-order valence-electron chi connectivity index (χ3n) is 3.70. The van der Waals surface area contributed by atoms with Gasteiger partial charge in [0.05, 0.1) is 16.5 Å². The molecule has 0 aliphatic heterocycles. The maximum Gasteiger partial charge on any atom is 0.240 e. The summed E-state index contributed by atoms with van der Waals surface area (Å²) in [5.74, 6) is -0.209. The Hall–Kier alpha value is -2.69. The first-order valence-corrected chi connectivity index (χ1v) is 9.17. The van der Waals surface area contributed by atoms with E-state index < -0.39 is 10.0 Å². The van der Waals surface area contributed by atoms with E-state index in [0.29, 0.717) is 16.8 Å². The second-order valence-electron chi connectivity index (χ2n) is 5.49. The Kier molecular flexibility index (Phi) is 5.91. The van der Waals surface area contributed by atoms with Crippen LogP contribution < -0.4 is 9.62 Å². The lowest BCUT2D eigenvalue weighted by Crippen LogP contribution is -2.37. The molecule has 0 radical (unpaired) electrons. The Morgan fingerprint density at radius 2 is 1.80 bits per heavy atom. The quantitative estimate of drug-likeness (QED) is 0.858. The molecule has 6 nitrogen and oxygen atoms in total. The molecule has 0 atom stereocenters. The molecule has 0 heterocycles. The van der Waals surface area contributed by atoms with Crippen molar-refractivity contribution in [2.75, 3.05) is 18.0 Å². The average molecular weight is 357 g/mol. The van der Waals surface area contributed by atoms with Crippen molar-refractivity contribution in [3.63, 3.8) is 0 Å². The molecular formula is C18H19N3O3S. The molecule has 0 aliphatic rings. The van der Waals surface area contributed by atoms with Gasteiger partial charge in [-0.2, -0.15) is 5.26 Å². The fraction of sp³-hybridized carbons (Fsp3) is 0.222. The summed E-state index contributed by atoms with van der Waals surface area (Å²) in [6.07, 6.45) is 0. The van der Waals surface area contributed by atoms with E-state index in [1.54, 1.807) is 55.5 Å². The minimum absolute atomic E-state index is 0.0796. The smallest absolute Gasteiger partial charge is 0.240 e. The van der Waals surface area contributed by atoms with Gasteiger partial charge in [0.15, 0.2) is 0 Å². The highest BCUT2D eigenvalue weighted by molar-refractivity contribution is 7.89. The van der Waals surface area contributed by atoms with Crippen LogP contribution in [0.1, 0.15) is 18.1 Å². The molecule has 0 unspecified atom stereocenters. The molecular weight excluding hydrogens is 338 g/mol. The molecule has 0 spiro atoms. The zero-order valence-corrected chi connectivity index (χ0v) is 14.9. The van der Waals surface area contributed by atoms with E-state index in [2.05, 4.69) is 4.72 Å². The molecule has 0 saturated carbocycles. The van der Waals surface area contributed by atoms with E-state index in [0.717, 1.165) is 0 Å². The molecule has 0 saturated heterocycles. The van der Waals surface area contributed by atoms with E-state index in [9.17, 15) is 13.2 Å². The molecule has 0 fully saturated rings. The number of carbonyl (C=O) groups is 1. The van der Waals surface area contributed by atoms with Gasteiger partial charge in [0.25, 0.3) is 0 Å². The highest BCUT2D eigenvalue weighted by atomic mass is 32.2.